The average Bonchev–Trinajstić information content (AvgIpc) is 2.96. The molecular formula is C11H11NO2S2. The van der Waals surface area contributed by atoms with Gasteiger partial charge in [0.15, 0.2) is 5.78 Å². The van der Waals surface area contributed by atoms with E-state index in [1.54, 1.807) is 17.5 Å². The summed E-state index contributed by atoms with van der Waals surface area (Å²) in [5.74, 6) is 0.511. The van der Waals surface area contributed by atoms with Gasteiger partial charge in [0.25, 0.3) is 5.22 Å². The van der Waals surface area contributed by atoms with Crippen LogP contribution in [0.2, 0.25) is 0 Å². The molecule has 0 spiro atoms. The third kappa shape index (κ3) is 2.74. The van der Waals surface area contributed by atoms with Crippen molar-refractivity contribution in [3.8, 4) is 0 Å². The molecule has 2 heterocycles. The van der Waals surface area contributed by atoms with Gasteiger partial charge in [0.2, 0.25) is 0 Å². The van der Waals surface area contributed by atoms with Crippen LogP contribution in [-0.4, -0.2) is 16.5 Å². The molecule has 2 aromatic rings. The van der Waals surface area contributed by atoms with Gasteiger partial charge in [-0.25, -0.2) is 4.98 Å². The highest BCUT2D eigenvalue weighted by Gasteiger charge is 2.10. The Morgan fingerprint density at radius 3 is 3.06 bits per heavy atom. The molecule has 0 aromatic carbocycles. The summed E-state index contributed by atoms with van der Waals surface area (Å²) >= 11 is 2.89. The van der Waals surface area contributed by atoms with E-state index in [1.165, 1.54) is 22.9 Å². The smallest absolute Gasteiger partial charge is 0.255 e. The lowest BCUT2D eigenvalue weighted by atomic mass is 10.3. The van der Waals surface area contributed by atoms with Gasteiger partial charge in [0.05, 0.1) is 16.8 Å². The van der Waals surface area contributed by atoms with Gasteiger partial charge in [-0.3, -0.25) is 4.79 Å². The number of rotatable bonds is 5. The van der Waals surface area contributed by atoms with E-state index in [2.05, 4.69) is 11.9 Å². The molecule has 0 atom stereocenters. The molecule has 0 N–H and O–H groups in total. The van der Waals surface area contributed by atoms with Gasteiger partial charge in [-0.15, -0.1) is 11.3 Å². The molecule has 0 saturated carbocycles. The molecule has 0 amide bonds. The number of oxazole rings is 1. The molecule has 2 rings (SSSR count). The van der Waals surface area contributed by atoms with Crippen molar-refractivity contribution in [2.45, 2.75) is 18.6 Å². The number of nitrogens with zero attached hydrogens (tertiary/aromatic N) is 1. The third-order valence-corrected chi connectivity index (χ3v) is 4.15. The van der Waals surface area contributed by atoms with Crippen molar-refractivity contribution >= 4 is 28.9 Å². The van der Waals surface area contributed by atoms with E-state index in [9.17, 15) is 4.79 Å². The lowest BCUT2D eigenvalue weighted by molar-refractivity contribution is 0.102. The van der Waals surface area contributed by atoms with Crippen LogP contribution < -0.4 is 0 Å². The van der Waals surface area contributed by atoms with E-state index in [4.69, 9.17) is 4.42 Å². The molecule has 0 radical (unpaired) electrons. The molecule has 0 aliphatic rings. The lowest BCUT2D eigenvalue weighted by Gasteiger charge is -1.94. The molecule has 2 aromatic heterocycles. The standard InChI is InChI=1S/C11H11NO2S2/c1-2-8-3-4-10(16-8)9(13)7-15-11-12-5-6-14-11/h3-6H,2,7H2,1H3. The minimum absolute atomic E-state index is 0.132. The molecule has 0 saturated heterocycles. The number of ketones is 1. The van der Waals surface area contributed by atoms with Gasteiger partial charge in [0.1, 0.15) is 6.26 Å². The first kappa shape index (κ1) is 11.4. The Labute approximate surface area is 102 Å². The van der Waals surface area contributed by atoms with Crippen molar-refractivity contribution in [3.05, 3.63) is 34.3 Å². The van der Waals surface area contributed by atoms with Gasteiger partial charge in [-0.1, -0.05) is 18.7 Å². The highest BCUT2D eigenvalue weighted by Crippen LogP contribution is 2.21. The number of thioether (sulfide) groups is 1. The molecule has 0 aliphatic heterocycles. The number of aromatic nitrogens is 1. The number of hydrogen-bond acceptors (Lipinski definition) is 5. The Bertz CT molecular complexity index is 462. The first-order chi connectivity index (χ1) is 7.79. The summed E-state index contributed by atoms with van der Waals surface area (Å²) in [6.07, 6.45) is 4.06. The van der Waals surface area contributed by atoms with E-state index in [0.29, 0.717) is 11.0 Å². The average molecular weight is 253 g/mol. The molecule has 0 fully saturated rings. The van der Waals surface area contributed by atoms with Crippen LogP contribution in [0, 0.1) is 0 Å². The third-order valence-electron chi connectivity index (χ3n) is 2.02. The molecule has 84 valence electrons. The Kier molecular flexibility index (Phi) is 3.79. The second-order valence-electron chi connectivity index (χ2n) is 3.13. The van der Waals surface area contributed by atoms with E-state index < -0.39 is 0 Å². The minimum atomic E-state index is 0.132. The predicted octanol–water partition coefficient (Wildman–Crippen LogP) is 3.27. The quantitative estimate of drug-likeness (QED) is 0.606. The molecular weight excluding hydrogens is 242 g/mol. The first-order valence-electron chi connectivity index (χ1n) is 4.94. The topological polar surface area (TPSA) is 43.1 Å². The van der Waals surface area contributed by atoms with Crippen LogP contribution in [-0.2, 0) is 6.42 Å². The molecule has 5 heteroatoms. The minimum Gasteiger partial charge on any atom is -0.440 e. The number of Topliss-reactive ketones (excluding diaryl/α,β-unsaturated/α-hetero) is 1. The Morgan fingerprint density at radius 1 is 1.56 bits per heavy atom. The Hall–Kier alpha value is -1.07. The molecule has 0 bridgehead atoms. The largest absolute Gasteiger partial charge is 0.440 e. The number of carbonyl (C=O) groups excluding carboxylic acids is 1. The van der Waals surface area contributed by atoms with E-state index in [1.807, 2.05) is 12.1 Å². The van der Waals surface area contributed by atoms with Crippen LogP contribution in [0.25, 0.3) is 0 Å². The summed E-state index contributed by atoms with van der Waals surface area (Å²) in [5.41, 5.74) is 0. The fourth-order valence-electron chi connectivity index (χ4n) is 1.20. The molecule has 0 unspecified atom stereocenters. The van der Waals surface area contributed by atoms with Crippen LogP contribution in [0.1, 0.15) is 21.5 Å². The van der Waals surface area contributed by atoms with Crippen molar-refractivity contribution in [2.24, 2.45) is 0 Å². The van der Waals surface area contributed by atoms with Crippen LogP contribution >= 0.6 is 23.1 Å². The van der Waals surface area contributed by atoms with Crippen molar-refractivity contribution in [1.82, 2.24) is 4.98 Å². The van der Waals surface area contributed by atoms with Crippen LogP contribution in [0.3, 0.4) is 0 Å². The van der Waals surface area contributed by atoms with Gasteiger partial charge >= 0.3 is 0 Å². The second-order valence-corrected chi connectivity index (χ2v) is 5.22. The zero-order chi connectivity index (χ0) is 11.4. The summed E-state index contributed by atoms with van der Waals surface area (Å²) in [5, 5.41) is 0.542. The van der Waals surface area contributed by atoms with Crippen molar-refractivity contribution < 1.29 is 9.21 Å². The summed E-state index contributed by atoms with van der Waals surface area (Å²) in [6, 6.07) is 3.90. The number of carbonyl (C=O) groups is 1. The maximum atomic E-state index is 11.8. The van der Waals surface area contributed by atoms with Gasteiger partial charge < -0.3 is 4.42 Å². The van der Waals surface area contributed by atoms with Crippen LogP contribution in [0.15, 0.2) is 34.2 Å². The maximum Gasteiger partial charge on any atom is 0.255 e. The van der Waals surface area contributed by atoms with E-state index in [0.717, 1.165) is 11.3 Å². The normalized spacial score (nSPS) is 10.6. The summed E-state index contributed by atoms with van der Waals surface area (Å²) in [7, 11) is 0. The molecule has 0 aliphatic carbocycles. The zero-order valence-corrected chi connectivity index (χ0v) is 10.4. The fraction of sp³-hybridized carbons (Fsp3) is 0.273. The van der Waals surface area contributed by atoms with Crippen LogP contribution in [0.5, 0.6) is 0 Å². The monoisotopic (exact) mass is 253 g/mol. The van der Waals surface area contributed by atoms with Gasteiger partial charge in [0, 0.05) is 4.88 Å². The van der Waals surface area contributed by atoms with Crippen LogP contribution in [0.4, 0.5) is 0 Å². The van der Waals surface area contributed by atoms with Crippen molar-refractivity contribution in [2.75, 3.05) is 5.75 Å². The first-order valence-corrected chi connectivity index (χ1v) is 6.74. The highest BCUT2D eigenvalue weighted by atomic mass is 32.2. The Morgan fingerprint density at radius 2 is 2.44 bits per heavy atom. The summed E-state index contributed by atoms with van der Waals surface area (Å²) in [6.45, 7) is 2.08. The van der Waals surface area contributed by atoms with Gasteiger partial charge in [-0.2, -0.15) is 0 Å². The van der Waals surface area contributed by atoms with E-state index >= 15 is 0 Å². The summed E-state index contributed by atoms with van der Waals surface area (Å²) < 4.78 is 5.05. The number of thiophene rings is 1. The summed E-state index contributed by atoms with van der Waals surface area (Å²) in [4.78, 5) is 17.8. The number of hydrogen-bond donors (Lipinski definition) is 0. The lowest BCUT2D eigenvalue weighted by Crippen LogP contribution is -1.98. The fourth-order valence-corrected chi connectivity index (χ4v) is 2.84. The number of aryl methyl sites for hydroxylation is 1. The maximum absolute atomic E-state index is 11.8. The van der Waals surface area contributed by atoms with Crippen molar-refractivity contribution in [1.29, 1.82) is 0 Å². The predicted molar refractivity (Wildman–Crippen MR) is 65.3 cm³/mol. The second kappa shape index (κ2) is 5.32. The van der Waals surface area contributed by atoms with Crippen molar-refractivity contribution in [3.63, 3.8) is 0 Å². The highest BCUT2D eigenvalue weighted by molar-refractivity contribution is 7.99. The zero-order valence-electron chi connectivity index (χ0n) is 8.80. The SMILES string of the molecule is CCc1ccc(C(=O)CSc2ncco2)s1. The molecule has 16 heavy (non-hydrogen) atoms. The van der Waals surface area contributed by atoms with Gasteiger partial charge in [-0.05, 0) is 18.6 Å². The molecule has 3 nitrogen and oxygen atoms in total. The Balaban J connectivity index is 1.93. The van der Waals surface area contributed by atoms with E-state index in [-0.39, 0.29) is 5.78 Å².